The van der Waals surface area contributed by atoms with Gasteiger partial charge in [0.05, 0.1) is 21.3 Å². The number of rotatable bonds is 7. The smallest absolute Gasteiger partial charge is 0.203 e. The van der Waals surface area contributed by atoms with E-state index in [1.54, 1.807) is 27.5 Å². The minimum absolute atomic E-state index is 0.312. The Bertz CT molecular complexity index is 689. The summed E-state index contributed by atoms with van der Waals surface area (Å²) in [5, 5.41) is 3.25. The average molecular weight is 329 g/mol. The van der Waals surface area contributed by atoms with Gasteiger partial charge in [0.25, 0.3) is 0 Å². The summed E-state index contributed by atoms with van der Waals surface area (Å²) in [5.41, 5.74) is 0.898. The highest BCUT2D eigenvalue weighted by molar-refractivity contribution is 5.71. The van der Waals surface area contributed by atoms with E-state index in [1.807, 2.05) is 30.4 Å². The Morgan fingerprint density at radius 1 is 1.00 bits per heavy atom. The normalized spacial score (nSPS) is 10.9. The molecule has 24 heavy (non-hydrogen) atoms. The molecule has 0 saturated heterocycles. The molecule has 0 unspecified atom stereocenters. The van der Waals surface area contributed by atoms with Gasteiger partial charge in [-0.1, -0.05) is 6.08 Å². The first-order valence-electron chi connectivity index (χ1n) is 7.65. The Morgan fingerprint density at radius 2 is 1.67 bits per heavy atom. The summed E-state index contributed by atoms with van der Waals surface area (Å²) in [5.74, 6) is 3.19. The molecule has 0 spiro atoms. The van der Waals surface area contributed by atoms with Gasteiger partial charge in [-0.15, -0.1) is 0 Å². The van der Waals surface area contributed by atoms with Crippen molar-refractivity contribution in [1.82, 2.24) is 9.97 Å². The van der Waals surface area contributed by atoms with Crippen LogP contribution in [0.15, 0.2) is 24.4 Å². The van der Waals surface area contributed by atoms with E-state index in [9.17, 15) is 0 Å². The first-order valence-corrected chi connectivity index (χ1v) is 7.65. The number of methoxy groups -OCH3 is 3. The molecule has 1 N–H and O–H groups in total. The molecule has 1 aromatic heterocycles. The highest BCUT2D eigenvalue weighted by Gasteiger charge is 2.12. The van der Waals surface area contributed by atoms with Crippen LogP contribution < -0.4 is 19.5 Å². The van der Waals surface area contributed by atoms with E-state index in [4.69, 9.17) is 14.2 Å². The third-order valence-corrected chi connectivity index (χ3v) is 3.22. The summed E-state index contributed by atoms with van der Waals surface area (Å²) >= 11 is 0. The molecule has 0 aliphatic rings. The van der Waals surface area contributed by atoms with Crippen molar-refractivity contribution < 1.29 is 14.2 Å². The molecule has 0 amide bonds. The van der Waals surface area contributed by atoms with Gasteiger partial charge in [-0.3, -0.25) is 0 Å². The van der Waals surface area contributed by atoms with Crippen molar-refractivity contribution in [2.45, 2.75) is 19.9 Å². The number of benzene rings is 1. The lowest BCUT2D eigenvalue weighted by atomic mass is 10.1. The van der Waals surface area contributed by atoms with Crippen molar-refractivity contribution in [2.24, 2.45) is 0 Å². The molecule has 0 aliphatic carbocycles. The van der Waals surface area contributed by atoms with Crippen molar-refractivity contribution in [3.05, 3.63) is 35.8 Å². The highest BCUT2D eigenvalue weighted by atomic mass is 16.5. The standard InChI is InChI=1S/C18H23N3O3/c1-12(2)20-17-8-9-19-16(21-17)7-6-13-10-14(22-3)18(24-5)15(11-13)23-4/h6-12H,1-5H3,(H,19,20,21). The number of anilines is 1. The number of nitrogens with zero attached hydrogens (tertiary/aromatic N) is 2. The zero-order valence-corrected chi connectivity index (χ0v) is 14.7. The predicted molar refractivity (Wildman–Crippen MR) is 95.8 cm³/mol. The molecule has 0 radical (unpaired) electrons. The average Bonchev–Trinajstić information content (AvgIpc) is 2.58. The van der Waals surface area contributed by atoms with Crippen molar-refractivity contribution in [3.63, 3.8) is 0 Å². The molecule has 0 aliphatic heterocycles. The van der Waals surface area contributed by atoms with Crippen LogP contribution in [0.25, 0.3) is 12.2 Å². The van der Waals surface area contributed by atoms with E-state index >= 15 is 0 Å². The van der Waals surface area contributed by atoms with Crippen molar-refractivity contribution in [2.75, 3.05) is 26.6 Å². The molecule has 6 heteroatoms. The van der Waals surface area contributed by atoms with E-state index in [0.717, 1.165) is 11.4 Å². The molecular formula is C18H23N3O3. The molecule has 128 valence electrons. The van der Waals surface area contributed by atoms with Crippen molar-refractivity contribution in [1.29, 1.82) is 0 Å². The van der Waals surface area contributed by atoms with E-state index < -0.39 is 0 Å². The second-order valence-corrected chi connectivity index (χ2v) is 5.39. The summed E-state index contributed by atoms with van der Waals surface area (Å²) in [7, 11) is 4.76. The molecule has 1 aromatic carbocycles. The topological polar surface area (TPSA) is 65.5 Å². The van der Waals surface area contributed by atoms with E-state index in [2.05, 4.69) is 29.1 Å². The fourth-order valence-electron chi connectivity index (χ4n) is 2.20. The lowest BCUT2D eigenvalue weighted by molar-refractivity contribution is 0.324. The van der Waals surface area contributed by atoms with E-state index in [-0.39, 0.29) is 0 Å². The van der Waals surface area contributed by atoms with Crippen LogP contribution in [0.2, 0.25) is 0 Å². The van der Waals surface area contributed by atoms with Crippen LogP contribution in [0.3, 0.4) is 0 Å². The summed E-state index contributed by atoms with van der Waals surface area (Å²) in [6.07, 6.45) is 5.47. The van der Waals surface area contributed by atoms with Gasteiger partial charge in [0.15, 0.2) is 17.3 Å². The molecule has 6 nitrogen and oxygen atoms in total. The van der Waals surface area contributed by atoms with Crippen LogP contribution in [0.1, 0.15) is 25.2 Å². The molecule has 0 bridgehead atoms. The van der Waals surface area contributed by atoms with Crippen LogP contribution >= 0.6 is 0 Å². The summed E-state index contributed by atoms with van der Waals surface area (Å²) < 4.78 is 16.0. The summed E-state index contributed by atoms with van der Waals surface area (Å²) in [6, 6.07) is 5.89. The maximum absolute atomic E-state index is 5.35. The van der Waals surface area contributed by atoms with Gasteiger partial charge < -0.3 is 19.5 Å². The molecule has 2 aromatic rings. The van der Waals surface area contributed by atoms with Gasteiger partial charge in [0, 0.05) is 12.2 Å². The molecule has 1 heterocycles. The first kappa shape index (κ1) is 17.6. The number of nitrogens with one attached hydrogen (secondary N) is 1. The minimum atomic E-state index is 0.312. The zero-order valence-electron chi connectivity index (χ0n) is 14.7. The maximum Gasteiger partial charge on any atom is 0.203 e. The number of ether oxygens (including phenoxy) is 3. The SMILES string of the molecule is COc1cc(C=Cc2nccc(NC(C)C)n2)cc(OC)c1OC. The van der Waals surface area contributed by atoms with Gasteiger partial charge in [-0.05, 0) is 43.7 Å². The van der Waals surface area contributed by atoms with Crippen LogP contribution in [0.5, 0.6) is 17.2 Å². The van der Waals surface area contributed by atoms with Crippen LogP contribution in [-0.4, -0.2) is 37.3 Å². The Morgan fingerprint density at radius 3 is 2.21 bits per heavy atom. The number of hydrogen-bond donors (Lipinski definition) is 1. The quantitative estimate of drug-likeness (QED) is 0.839. The maximum atomic E-state index is 5.35. The first-order chi connectivity index (χ1) is 11.6. The Balaban J connectivity index is 2.28. The largest absolute Gasteiger partial charge is 0.493 e. The van der Waals surface area contributed by atoms with Crippen LogP contribution in [0.4, 0.5) is 5.82 Å². The third-order valence-electron chi connectivity index (χ3n) is 3.22. The fourth-order valence-corrected chi connectivity index (χ4v) is 2.20. The summed E-state index contributed by atoms with van der Waals surface area (Å²) in [6.45, 7) is 4.13. The molecule has 0 fully saturated rings. The van der Waals surface area contributed by atoms with Gasteiger partial charge >= 0.3 is 0 Å². The second kappa shape index (κ2) is 8.19. The zero-order chi connectivity index (χ0) is 17.5. The van der Waals surface area contributed by atoms with E-state index in [1.165, 1.54) is 0 Å². The fraction of sp³-hybridized carbons (Fsp3) is 0.333. The Hall–Kier alpha value is -2.76. The molecule has 0 atom stereocenters. The van der Waals surface area contributed by atoms with Crippen LogP contribution in [-0.2, 0) is 0 Å². The molecule has 2 rings (SSSR count). The van der Waals surface area contributed by atoms with Gasteiger partial charge in [0.2, 0.25) is 5.75 Å². The second-order valence-electron chi connectivity index (χ2n) is 5.39. The Labute approximate surface area is 142 Å². The molecule has 0 saturated carbocycles. The number of hydrogen-bond acceptors (Lipinski definition) is 6. The van der Waals surface area contributed by atoms with E-state index in [0.29, 0.717) is 29.1 Å². The summed E-state index contributed by atoms with van der Waals surface area (Å²) in [4.78, 5) is 8.71. The third kappa shape index (κ3) is 4.38. The lowest BCUT2D eigenvalue weighted by Crippen LogP contribution is -2.11. The van der Waals surface area contributed by atoms with Crippen LogP contribution in [0, 0.1) is 0 Å². The number of aromatic nitrogens is 2. The van der Waals surface area contributed by atoms with Crippen molar-refractivity contribution >= 4 is 18.0 Å². The monoisotopic (exact) mass is 329 g/mol. The van der Waals surface area contributed by atoms with Gasteiger partial charge in [-0.2, -0.15) is 0 Å². The molecular weight excluding hydrogens is 306 g/mol. The van der Waals surface area contributed by atoms with Gasteiger partial charge in [-0.25, -0.2) is 9.97 Å². The lowest BCUT2D eigenvalue weighted by Gasteiger charge is -2.12. The van der Waals surface area contributed by atoms with Crippen molar-refractivity contribution in [3.8, 4) is 17.2 Å². The highest BCUT2D eigenvalue weighted by Crippen LogP contribution is 2.38. The Kier molecular flexibility index (Phi) is 6.01. The minimum Gasteiger partial charge on any atom is -0.493 e. The predicted octanol–water partition coefficient (Wildman–Crippen LogP) is 3.49. The van der Waals surface area contributed by atoms with Gasteiger partial charge in [0.1, 0.15) is 5.82 Å².